The molecule has 0 aromatic rings. The van der Waals surface area contributed by atoms with E-state index in [1.165, 1.54) is 0 Å². The summed E-state index contributed by atoms with van der Waals surface area (Å²) in [6.07, 6.45) is 4.08. The van der Waals surface area contributed by atoms with E-state index in [1.54, 1.807) is 6.26 Å². The average molecular weight is 248 g/mol. The lowest BCUT2D eigenvalue weighted by molar-refractivity contribution is -0.130. The molecule has 1 fully saturated rings. The molecule has 0 spiro atoms. The summed E-state index contributed by atoms with van der Waals surface area (Å²) >= 11 is 4.92. The standard InChI is InChI=1S/C9H16N2O2S2/c1-15(13)6-5-11-8(12)9(7(10)14)3-2-4-9/h2-6H2,1H3,(H2,10,14)(H,11,12). The van der Waals surface area contributed by atoms with Gasteiger partial charge < -0.3 is 11.1 Å². The maximum atomic E-state index is 11.8. The van der Waals surface area contributed by atoms with Crippen LogP contribution < -0.4 is 11.1 Å². The smallest absolute Gasteiger partial charge is 0.233 e. The largest absolute Gasteiger partial charge is 0.392 e. The van der Waals surface area contributed by atoms with Crippen LogP contribution in [0.4, 0.5) is 0 Å². The summed E-state index contributed by atoms with van der Waals surface area (Å²) in [5.74, 6) is 0.366. The van der Waals surface area contributed by atoms with E-state index in [1.807, 2.05) is 0 Å². The Labute approximate surface area is 97.4 Å². The number of nitrogens with one attached hydrogen (secondary N) is 1. The van der Waals surface area contributed by atoms with E-state index in [4.69, 9.17) is 18.0 Å². The lowest BCUT2D eigenvalue weighted by atomic mass is 9.68. The second kappa shape index (κ2) is 5.03. The number of hydrogen-bond acceptors (Lipinski definition) is 3. The molecule has 15 heavy (non-hydrogen) atoms. The quantitative estimate of drug-likeness (QED) is 0.669. The maximum Gasteiger partial charge on any atom is 0.233 e. The fourth-order valence-corrected chi connectivity index (χ4v) is 2.28. The van der Waals surface area contributed by atoms with E-state index < -0.39 is 16.2 Å². The molecule has 0 saturated heterocycles. The van der Waals surface area contributed by atoms with Gasteiger partial charge in [0.05, 0.1) is 10.4 Å². The predicted octanol–water partition coefficient (Wildman–Crippen LogP) is -0.0625. The molecule has 86 valence electrons. The van der Waals surface area contributed by atoms with Crippen LogP contribution in [0.25, 0.3) is 0 Å². The Morgan fingerprint density at radius 2 is 2.20 bits per heavy atom. The molecule has 3 N–H and O–H groups in total. The van der Waals surface area contributed by atoms with Crippen LogP contribution in [0, 0.1) is 5.41 Å². The van der Waals surface area contributed by atoms with Crippen LogP contribution in [0.15, 0.2) is 0 Å². The Kier molecular flexibility index (Phi) is 4.21. The van der Waals surface area contributed by atoms with Crippen molar-refractivity contribution in [2.75, 3.05) is 18.6 Å². The molecule has 6 heteroatoms. The van der Waals surface area contributed by atoms with Crippen molar-refractivity contribution in [3.63, 3.8) is 0 Å². The maximum absolute atomic E-state index is 11.8. The van der Waals surface area contributed by atoms with E-state index in [9.17, 15) is 9.00 Å². The monoisotopic (exact) mass is 248 g/mol. The summed E-state index contributed by atoms with van der Waals surface area (Å²) in [6.45, 7) is 0.423. The van der Waals surface area contributed by atoms with E-state index in [-0.39, 0.29) is 10.9 Å². The third kappa shape index (κ3) is 2.75. The molecule has 1 aliphatic carbocycles. The second-order valence-corrected chi connectivity index (χ2v) is 5.83. The zero-order valence-corrected chi connectivity index (χ0v) is 10.4. The molecule has 1 aliphatic rings. The zero-order chi connectivity index (χ0) is 11.5. The summed E-state index contributed by atoms with van der Waals surface area (Å²) in [7, 11) is -0.882. The van der Waals surface area contributed by atoms with Gasteiger partial charge in [-0.3, -0.25) is 9.00 Å². The SMILES string of the molecule is CS(=O)CCNC(=O)C1(C(N)=S)CCC1. The first-order chi connectivity index (χ1) is 6.99. The molecule has 1 atom stereocenters. The molecule has 1 rings (SSSR count). The van der Waals surface area contributed by atoms with Crippen molar-refractivity contribution in [1.82, 2.24) is 5.32 Å². The second-order valence-electron chi connectivity index (χ2n) is 3.83. The number of carbonyl (C=O) groups excluding carboxylic acids is 1. The summed E-state index contributed by atoms with van der Waals surface area (Å²) < 4.78 is 10.8. The van der Waals surface area contributed by atoms with Gasteiger partial charge in [-0.25, -0.2) is 0 Å². The normalized spacial score (nSPS) is 20.1. The van der Waals surface area contributed by atoms with Gasteiger partial charge in [0.1, 0.15) is 0 Å². The molecule has 0 aromatic carbocycles. The van der Waals surface area contributed by atoms with Gasteiger partial charge in [-0.1, -0.05) is 18.6 Å². The minimum Gasteiger partial charge on any atom is -0.392 e. The van der Waals surface area contributed by atoms with E-state index >= 15 is 0 Å². The first kappa shape index (κ1) is 12.6. The predicted molar refractivity (Wildman–Crippen MR) is 65.0 cm³/mol. The molecular formula is C9H16N2O2S2. The van der Waals surface area contributed by atoms with Crippen LogP contribution in [0.2, 0.25) is 0 Å². The Bertz CT molecular complexity index is 300. The van der Waals surface area contributed by atoms with Crippen molar-refractivity contribution >= 4 is 33.9 Å². The van der Waals surface area contributed by atoms with Crippen molar-refractivity contribution in [3.8, 4) is 0 Å². The molecule has 0 aliphatic heterocycles. The lowest BCUT2D eigenvalue weighted by Crippen LogP contribution is -2.53. The van der Waals surface area contributed by atoms with Crippen LogP contribution in [0.1, 0.15) is 19.3 Å². The van der Waals surface area contributed by atoms with Crippen molar-refractivity contribution in [2.24, 2.45) is 11.1 Å². The fraction of sp³-hybridized carbons (Fsp3) is 0.778. The molecule has 1 unspecified atom stereocenters. The molecular weight excluding hydrogens is 232 g/mol. The Morgan fingerprint density at radius 1 is 1.60 bits per heavy atom. The van der Waals surface area contributed by atoms with Gasteiger partial charge in [0.2, 0.25) is 5.91 Å². The first-order valence-electron chi connectivity index (χ1n) is 4.87. The number of carbonyl (C=O) groups is 1. The molecule has 1 amide bonds. The van der Waals surface area contributed by atoms with E-state index in [0.29, 0.717) is 12.3 Å². The number of nitrogens with two attached hydrogens (primary N) is 1. The third-order valence-corrected chi connectivity index (χ3v) is 3.96. The summed E-state index contributed by atoms with van der Waals surface area (Å²) in [5.41, 5.74) is 4.96. The molecule has 0 heterocycles. The lowest BCUT2D eigenvalue weighted by Gasteiger charge is -2.39. The Balaban J connectivity index is 2.45. The minimum absolute atomic E-state index is 0.105. The highest BCUT2D eigenvalue weighted by Crippen LogP contribution is 2.41. The van der Waals surface area contributed by atoms with Crippen LogP contribution in [-0.4, -0.2) is 33.7 Å². The number of rotatable bonds is 5. The van der Waals surface area contributed by atoms with E-state index in [0.717, 1.165) is 19.3 Å². The topological polar surface area (TPSA) is 72.2 Å². The van der Waals surface area contributed by atoms with E-state index in [2.05, 4.69) is 5.32 Å². The van der Waals surface area contributed by atoms with Crippen molar-refractivity contribution in [2.45, 2.75) is 19.3 Å². The molecule has 4 nitrogen and oxygen atoms in total. The van der Waals surface area contributed by atoms with Crippen molar-refractivity contribution < 1.29 is 9.00 Å². The van der Waals surface area contributed by atoms with Gasteiger partial charge in [0.25, 0.3) is 0 Å². The first-order valence-corrected chi connectivity index (χ1v) is 7.01. The highest BCUT2D eigenvalue weighted by atomic mass is 32.2. The number of thiocarbonyl (C=S) groups is 1. The van der Waals surface area contributed by atoms with Gasteiger partial charge in [-0.05, 0) is 12.8 Å². The number of hydrogen-bond donors (Lipinski definition) is 2. The molecule has 0 radical (unpaired) electrons. The average Bonchev–Trinajstić information content (AvgIpc) is 1.99. The van der Waals surface area contributed by atoms with Crippen molar-refractivity contribution in [1.29, 1.82) is 0 Å². The number of amides is 1. The Morgan fingerprint density at radius 3 is 2.53 bits per heavy atom. The highest BCUT2D eigenvalue weighted by Gasteiger charge is 2.46. The molecule has 0 bridgehead atoms. The van der Waals surface area contributed by atoms with Crippen molar-refractivity contribution in [3.05, 3.63) is 0 Å². The molecule has 0 aromatic heterocycles. The fourth-order valence-electron chi connectivity index (χ4n) is 1.59. The minimum atomic E-state index is -0.882. The van der Waals surface area contributed by atoms with Gasteiger partial charge >= 0.3 is 0 Å². The third-order valence-electron chi connectivity index (χ3n) is 2.79. The van der Waals surface area contributed by atoms with Crippen LogP contribution in [-0.2, 0) is 15.6 Å². The van der Waals surface area contributed by atoms with Gasteiger partial charge in [-0.15, -0.1) is 0 Å². The van der Waals surface area contributed by atoms with Crippen LogP contribution in [0.3, 0.4) is 0 Å². The van der Waals surface area contributed by atoms with Gasteiger partial charge in [0.15, 0.2) is 0 Å². The van der Waals surface area contributed by atoms with Gasteiger partial charge in [-0.2, -0.15) is 0 Å². The van der Waals surface area contributed by atoms with Gasteiger partial charge in [0, 0.05) is 29.4 Å². The van der Waals surface area contributed by atoms with Crippen LogP contribution >= 0.6 is 12.2 Å². The Hall–Kier alpha value is -0.490. The summed E-state index contributed by atoms with van der Waals surface area (Å²) in [4.78, 5) is 12.1. The summed E-state index contributed by atoms with van der Waals surface area (Å²) in [5, 5.41) is 2.74. The van der Waals surface area contributed by atoms with Crippen LogP contribution in [0.5, 0.6) is 0 Å². The zero-order valence-electron chi connectivity index (χ0n) is 8.75. The molecule has 1 saturated carbocycles. The summed E-state index contributed by atoms with van der Waals surface area (Å²) in [6, 6.07) is 0. The highest BCUT2D eigenvalue weighted by molar-refractivity contribution is 7.84.